The molecule has 0 N–H and O–H groups in total. The fourth-order valence-corrected chi connectivity index (χ4v) is 2.20. The number of hydrogen-bond donors (Lipinski definition) is 0. The van der Waals surface area contributed by atoms with Gasteiger partial charge in [-0.15, -0.1) is 0 Å². The molecule has 0 atom stereocenters. The summed E-state index contributed by atoms with van der Waals surface area (Å²) in [5.74, 6) is 0.607. The standard InChI is InChI=1S/C14H20BrNO3/c1-5-6-7-19-13-9-12(16(17)18)11(15)8-10(13)14(2,3)4/h8-9H,5-7H2,1-4H3. The van der Waals surface area contributed by atoms with Crippen LogP contribution in [0.3, 0.4) is 0 Å². The van der Waals surface area contributed by atoms with Crippen molar-refractivity contribution in [3.8, 4) is 5.75 Å². The van der Waals surface area contributed by atoms with E-state index in [0.717, 1.165) is 18.4 Å². The van der Waals surface area contributed by atoms with Gasteiger partial charge in [0.1, 0.15) is 5.75 Å². The molecular formula is C14H20BrNO3. The third-order valence-corrected chi connectivity index (χ3v) is 3.44. The van der Waals surface area contributed by atoms with Crippen LogP contribution < -0.4 is 4.74 Å². The molecule has 0 saturated heterocycles. The number of hydrogen-bond acceptors (Lipinski definition) is 3. The van der Waals surface area contributed by atoms with Gasteiger partial charge >= 0.3 is 0 Å². The van der Waals surface area contributed by atoms with E-state index in [1.807, 2.05) is 0 Å². The summed E-state index contributed by atoms with van der Waals surface area (Å²) in [4.78, 5) is 10.6. The fourth-order valence-electron chi connectivity index (χ4n) is 1.71. The maximum atomic E-state index is 11.0. The summed E-state index contributed by atoms with van der Waals surface area (Å²) in [5.41, 5.74) is 0.889. The van der Waals surface area contributed by atoms with E-state index < -0.39 is 4.92 Å². The molecule has 0 aliphatic carbocycles. The zero-order valence-corrected chi connectivity index (χ0v) is 13.4. The Balaban J connectivity index is 3.21. The summed E-state index contributed by atoms with van der Waals surface area (Å²) in [6.45, 7) is 8.85. The first-order valence-electron chi connectivity index (χ1n) is 6.38. The highest BCUT2D eigenvalue weighted by Gasteiger charge is 2.24. The Bertz CT molecular complexity index is 466. The monoisotopic (exact) mass is 329 g/mol. The third-order valence-electron chi connectivity index (χ3n) is 2.81. The lowest BCUT2D eigenvalue weighted by Gasteiger charge is -2.23. The van der Waals surface area contributed by atoms with E-state index in [0.29, 0.717) is 16.8 Å². The molecule has 0 aliphatic rings. The van der Waals surface area contributed by atoms with Crippen molar-refractivity contribution < 1.29 is 9.66 Å². The van der Waals surface area contributed by atoms with Crippen molar-refractivity contribution in [3.63, 3.8) is 0 Å². The number of rotatable bonds is 5. The first kappa shape index (κ1) is 16.0. The smallest absolute Gasteiger partial charge is 0.287 e. The summed E-state index contributed by atoms with van der Waals surface area (Å²) in [5, 5.41) is 11.0. The highest BCUT2D eigenvalue weighted by atomic mass is 79.9. The second kappa shape index (κ2) is 6.37. The third kappa shape index (κ3) is 4.20. The summed E-state index contributed by atoms with van der Waals surface area (Å²) >= 11 is 3.26. The molecule has 19 heavy (non-hydrogen) atoms. The van der Waals surface area contributed by atoms with Gasteiger partial charge < -0.3 is 4.74 Å². The molecule has 0 unspecified atom stereocenters. The molecule has 5 heteroatoms. The predicted octanol–water partition coefficient (Wildman–Crippen LogP) is 4.83. The van der Waals surface area contributed by atoms with E-state index in [1.165, 1.54) is 6.07 Å². The van der Waals surface area contributed by atoms with Crippen LogP contribution in [0.5, 0.6) is 5.75 Å². The Morgan fingerprint density at radius 2 is 2.00 bits per heavy atom. The molecule has 106 valence electrons. The van der Waals surface area contributed by atoms with E-state index in [4.69, 9.17) is 4.74 Å². The molecule has 0 aromatic heterocycles. The molecule has 0 amide bonds. The quantitative estimate of drug-likeness (QED) is 0.441. The number of nitro groups is 1. The molecule has 0 fully saturated rings. The largest absolute Gasteiger partial charge is 0.493 e. The van der Waals surface area contributed by atoms with Crippen LogP contribution in [0.2, 0.25) is 0 Å². The lowest BCUT2D eigenvalue weighted by molar-refractivity contribution is -0.385. The summed E-state index contributed by atoms with van der Waals surface area (Å²) < 4.78 is 6.22. The van der Waals surface area contributed by atoms with Crippen molar-refractivity contribution in [1.29, 1.82) is 0 Å². The lowest BCUT2D eigenvalue weighted by atomic mass is 9.86. The second-order valence-electron chi connectivity index (χ2n) is 5.51. The topological polar surface area (TPSA) is 52.4 Å². The van der Waals surface area contributed by atoms with E-state index in [-0.39, 0.29) is 11.1 Å². The van der Waals surface area contributed by atoms with Crippen LogP contribution in [0.15, 0.2) is 16.6 Å². The van der Waals surface area contributed by atoms with Gasteiger partial charge in [0.05, 0.1) is 22.1 Å². The van der Waals surface area contributed by atoms with Gasteiger partial charge in [0, 0.05) is 5.56 Å². The van der Waals surface area contributed by atoms with Crippen LogP contribution >= 0.6 is 15.9 Å². The predicted molar refractivity (Wildman–Crippen MR) is 79.9 cm³/mol. The minimum Gasteiger partial charge on any atom is -0.493 e. The maximum absolute atomic E-state index is 11.0. The first-order chi connectivity index (χ1) is 8.77. The van der Waals surface area contributed by atoms with Crippen LogP contribution in [-0.2, 0) is 5.41 Å². The molecular weight excluding hydrogens is 310 g/mol. The molecule has 0 heterocycles. The Kier molecular flexibility index (Phi) is 5.35. The van der Waals surface area contributed by atoms with Crippen LogP contribution in [0.4, 0.5) is 5.69 Å². The van der Waals surface area contributed by atoms with Crippen LogP contribution in [0.1, 0.15) is 46.1 Å². The average Bonchev–Trinajstić information content (AvgIpc) is 2.29. The summed E-state index contributed by atoms with van der Waals surface area (Å²) in [7, 11) is 0. The summed E-state index contributed by atoms with van der Waals surface area (Å²) in [6, 6.07) is 3.31. The van der Waals surface area contributed by atoms with Gasteiger partial charge in [-0.1, -0.05) is 34.1 Å². The second-order valence-corrected chi connectivity index (χ2v) is 6.36. The van der Waals surface area contributed by atoms with Crippen molar-refractivity contribution >= 4 is 21.6 Å². The molecule has 0 radical (unpaired) electrons. The highest BCUT2D eigenvalue weighted by molar-refractivity contribution is 9.10. The molecule has 0 aliphatic heterocycles. The van der Waals surface area contributed by atoms with E-state index in [1.54, 1.807) is 6.07 Å². The highest BCUT2D eigenvalue weighted by Crippen LogP contribution is 2.38. The number of ether oxygens (including phenoxy) is 1. The Morgan fingerprint density at radius 3 is 2.47 bits per heavy atom. The van der Waals surface area contributed by atoms with Gasteiger partial charge in [-0.2, -0.15) is 0 Å². The number of nitrogens with zero attached hydrogens (tertiary/aromatic N) is 1. The van der Waals surface area contributed by atoms with Gasteiger partial charge in [-0.05, 0) is 33.8 Å². The van der Waals surface area contributed by atoms with Crippen molar-refractivity contribution in [3.05, 3.63) is 32.3 Å². The molecule has 0 spiro atoms. The van der Waals surface area contributed by atoms with Crippen LogP contribution in [0, 0.1) is 10.1 Å². The SMILES string of the molecule is CCCCOc1cc([N+](=O)[O-])c(Br)cc1C(C)(C)C. The maximum Gasteiger partial charge on any atom is 0.287 e. The number of nitro benzene ring substituents is 1. The van der Waals surface area contributed by atoms with Gasteiger partial charge in [-0.25, -0.2) is 0 Å². The fraction of sp³-hybridized carbons (Fsp3) is 0.571. The van der Waals surface area contributed by atoms with E-state index in [2.05, 4.69) is 43.6 Å². The van der Waals surface area contributed by atoms with E-state index >= 15 is 0 Å². The Morgan fingerprint density at radius 1 is 1.37 bits per heavy atom. The van der Waals surface area contributed by atoms with Crippen molar-refractivity contribution in [2.75, 3.05) is 6.61 Å². The Hall–Kier alpha value is -1.10. The van der Waals surface area contributed by atoms with Gasteiger partial charge in [0.25, 0.3) is 5.69 Å². The summed E-state index contributed by atoms with van der Waals surface area (Å²) in [6.07, 6.45) is 1.97. The van der Waals surface area contributed by atoms with Gasteiger partial charge in [-0.3, -0.25) is 10.1 Å². The zero-order chi connectivity index (χ0) is 14.6. The van der Waals surface area contributed by atoms with Gasteiger partial charge in [0.2, 0.25) is 0 Å². The molecule has 0 bridgehead atoms. The number of benzene rings is 1. The molecule has 4 nitrogen and oxygen atoms in total. The van der Waals surface area contributed by atoms with E-state index in [9.17, 15) is 10.1 Å². The first-order valence-corrected chi connectivity index (χ1v) is 7.18. The minimum atomic E-state index is -0.400. The van der Waals surface area contributed by atoms with Crippen LogP contribution in [-0.4, -0.2) is 11.5 Å². The van der Waals surface area contributed by atoms with Crippen LogP contribution in [0.25, 0.3) is 0 Å². The zero-order valence-electron chi connectivity index (χ0n) is 11.8. The average molecular weight is 330 g/mol. The Labute approximate surface area is 122 Å². The normalized spacial score (nSPS) is 11.4. The number of halogens is 1. The van der Waals surface area contributed by atoms with Crippen molar-refractivity contribution in [2.24, 2.45) is 0 Å². The molecule has 0 saturated carbocycles. The molecule has 1 aromatic rings. The molecule has 1 rings (SSSR count). The minimum absolute atomic E-state index is 0.0412. The van der Waals surface area contributed by atoms with Crippen molar-refractivity contribution in [2.45, 2.75) is 46.0 Å². The van der Waals surface area contributed by atoms with Crippen molar-refractivity contribution in [1.82, 2.24) is 0 Å². The lowest BCUT2D eigenvalue weighted by Crippen LogP contribution is -2.14. The number of unbranched alkanes of at least 4 members (excludes halogenated alkanes) is 1. The molecule has 1 aromatic carbocycles. The van der Waals surface area contributed by atoms with Gasteiger partial charge in [0.15, 0.2) is 0 Å².